The quantitative estimate of drug-likeness (QED) is 0.789. The number of hydrogen-bond donors (Lipinski definition) is 1. The molecule has 0 radical (unpaired) electrons. The second-order valence-electron chi connectivity index (χ2n) is 6.16. The predicted octanol–water partition coefficient (Wildman–Crippen LogP) is 4.09. The van der Waals surface area contributed by atoms with Crippen LogP contribution in [0.15, 0.2) is 10.7 Å². The van der Waals surface area contributed by atoms with E-state index in [0.29, 0.717) is 5.92 Å². The van der Waals surface area contributed by atoms with E-state index in [2.05, 4.69) is 51.9 Å². The van der Waals surface area contributed by atoms with Gasteiger partial charge in [0.25, 0.3) is 0 Å². The van der Waals surface area contributed by atoms with Crippen molar-refractivity contribution in [3.8, 4) is 0 Å². The van der Waals surface area contributed by atoms with Gasteiger partial charge in [0.15, 0.2) is 0 Å². The smallest absolute Gasteiger partial charge is 0.0635 e. The first-order valence-corrected chi connectivity index (χ1v) is 8.84. The molecule has 1 heterocycles. The third-order valence-corrected chi connectivity index (χ3v) is 5.41. The predicted molar refractivity (Wildman–Crippen MR) is 87.9 cm³/mol. The summed E-state index contributed by atoms with van der Waals surface area (Å²) >= 11 is 3.70. The van der Waals surface area contributed by atoms with E-state index in [-0.39, 0.29) is 0 Å². The molecule has 20 heavy (non-hydrogen) atoms. The van der Waals surface area contributed by atoms with E-state index in [4.69, 9.17) is 0 Å². The Hall–Kier alpha value is -0.350. The van der Waals surface area contributed by atoms with Gasteiger partial charge in [-0.05, 0) is 60.1 Å². The Morgan fingerprint density at radius 3 is 2.80 bits per heavy atom. The molecule has 0 aliphatic heterocycles. The fourth-order valence-corrected chi connectivity index (χ4v) is 4.21. The molecule has 1 saturated carbocycles. The maximum atomic E-state index is 4.42. The SMILES string of the molecule is CCCNCC1CCC(CC)CC1c1c(Br)cnn1C. The van der Waals surface area contributed by atoms with Crippen LogP contribution in [0.4, 0.5) is 0 Å². The van der Waals surface area contributed by atoms with Crippen molar-refractivity contribution in [1.29, 1.82) is 0 Å². The number of rotatable bonds is 6. The first-order chi connectivity index (χ1) is 9.67. The van der Waals surface area contributed by atoms with Gasteiger partial charge in [-0.25, -0.2) is 0 Å². The summed E-state index contributed by atoms with van der Waals surface area (Å²) in [6.07, 6.45) is 8.51. The molecule has 0 amide bonds. The van der Waals surface area contributed by atoms with Gasteiger partial charge >= 0.3 is 0 Å². The summed E-state index contributed by atoms with van der Waals surface area (Å²) in [5.41, 5.74) is 1.39. The third-order valence-electron chi connectivity index (χ3n) is 4.80. The first kappa shape index (κ1) is 16.0. The van der Waals surface area contributed by atoms with Gasteiger partial charge in [-0.15, -0.1) is 0 Å². The molecular formula is C16H28BrN3. The van der Waals surface area contributed by atoms with Gasteiger partial charge in [0.2, 0.25) is 0 Å². The molecule has 1 aromatic heterocycles. The van der Waals surface area contributed by atoms with Crippen LogP contribution in [0.2, 0.25) is 0 Å². The van der Waals surface area contributed by atoms with Gasteiger partial charge < -0.3 is 5.32 Å². The molecule has 1 aromatic rings. The Bertz CT molecular complexity index is 394. The van der Waals surface area contributed by atoms with Gasteiger partial charge in [0.1, 0.15) is 0 Å². The highest BCUT2D eigenvalue weighted by molar-refractivity contribution is 9.10. The number of aromatic nitrogens is 2. The summed E-state index contributed by atoms with van der Waals surface area (Å²) < 4.78 is 3.25. The summed E-state index contributed by atoms with van der Waals surface area (Å²) in [7, 11) is 2.08. The lowest BCUT2D eigenvalue weighted by Crippen LogP contribution is -2.33. The maximum absolute atomic E-state index is 4.42. The largest absolute Gasteiger partial charge is 0.316 e. The maximum Gasteiger partial charge on any atom is 0.0635 e. The van der Waals surface area contributed by atoms with E-state index in [1.54, 1.807) is 0 Å². The van der Waals surface area contributed by atoms with E-state index < -0.39 is 0 Å². The fourth-order valence-electron chi connectivity index (χ4n) is 3.57. The van der Waals surface area contributed by atoms with Crippen LogP contribution in [-0.4, -0.2) is 22.9 Å². The van der Waals surface area contributed by atoms with Gasteiger partial charge in [0, 0.05) is 13.0 Å². The molecule has 1 N–H and O–H groups in total. The van der Waals surface area contributed by atoms with E-state index in [0.717, 1.165) is 24.9 Å². The highest BCUT2D eigenvalue weighted by Crippen LogP contribution is 2.43. The zero-order valence-corrected chi connectivity index (χ0v) is 14.6. The average molecular weight is 342 g/mol. The monoisotopic (exact) mass is 341 g/mol. The zero-order chi connectivity index (χ0) is 14.5. The van der Waals surface area contributed by atoms with Crippen molar-refractivity contribution < 1.29 is 0 Å². The topological polar surface area (TPSA) is 29.9 Å². The van der Waals surface area contributed by atoms with E-state index in [1.165, 1.54) is 42.3 Å². The van der Waals surface area contributed by atoms with Gasteiger partial charge in [-0.3, -0.25) is 4.68 Å². The Kier molecular flexibility index (Phi) is 6.09. The van der Waals surface area contributed by atoms with Crippen LogP contribution in [-0.2, 0) is 7.05 Å². The van der Waals surface area contributed by atoms with Crippen LogP contribution < -0.4 is 5.32 Å². The summed E-state index contributed by atoms with van der Waals surface area (Å²) in [4.78, 5) is 0. The third kappa shape index (κ3) is 3.64. The lowest BCUT2D eigenvalue weighted by molar-refractivity contribution is 0.218. The Morgan fingerprint density at radius 1 is 1.40 bits per heavy atom. The summed E-state index contributed by atoms with van der Waals surface area (Å²) in [5, 5.41) is 8.05. The number of hydrogen-bond acceptors (Lipinski definition) is 2. The van der Waals surface area contributed by atoms with Crippen LogP contribution in [0.25, 0.3) is 0 Å². The minimum absolute atomic E-state index is 0.639. The van der Waals surface area contributed by atoms with Crippen LogP contribution >= 0.6 is 15.9 Å². The molecule has 0 saturated heterocycles. The van der Waals surface area contributed by atoms with Crippen LogP contribution in [0.3, 0.4) is 0 Å². The highest BCUT2D eigenvalue weighted by Gasteiger charge is 2.33. The lowest BCUT2D eigenvalue weighted by Gasteiger charge is -2.36. The molecule has 1 fully saturated rings. The highest BCUT2D eigenvalue weighted by atomic mass is 79.9. The fraction of sp³-hybridized carbons (Fsp3) is 0.812. The second kappa shape index (κ2) is 7.60. The van der Waals surface area contributed by atoms with Crippen LogP contribution in [0, 0.1) is 11.8 Å². The average Bonchev–Trinajstić information content (AvgIpc) is 2.79. The molecule has 0 aromatic carbocycles. The van der Waals surface area contributed by atoms with E-state index in [1.807, 2.05) is 6.20 Å². The van der Waals surface area contributed by atoms with E-state index >= 15 is 0 Å². The lowest BCUT2D eigenvalue weighted by atomic mass is 9.71. The summed E-state index contributed by atoms with van der Waals surface area (Å²) in [6, 6.07) is 0. The molecule has 3 atom stereocenters. The molecule has 0 spiro atoms. The Labute approximate surface area is 131 Å². The van der Waals surface area contributed by atoms with Crippen molar-refractivity contribution >= 4 is 15.9 Å². The molecule has 0 bridgehead atoms. The van der Waals surface area contributed by atoms with Crippen molar-refractivity contribution in [3.05, 3.63) is 16.4 Å². The number of aryl methyl sites for hydroxylation is 1. The van der Waals surface area contributed by atoms with Crippen molar-refractivity contribution in [2.45, 2.75) is 51.9 Å². The van der Waals surface area contributed by atoms with E-state index in [9.17, 15) is 0 Å². The first-order valence-electron chi connectivity index (χ1n) is 8.05. The summed E-state index contributed by atoms with van der Waals surface area (Å²) in [5.74, 6) is 2.26. The number of halogens is 1. The number of nitrogens with one attached hydrogen (secondary N) is 1. The zero-order valence-electron chi connectivity index (χ0n) is 13.0. The van der Waals surface area contributed by atoms with Gasteiger partial charge in [0.05, 0.1) is 16.4 Å². The Morgan fingerprint density at radius 2 is 2.20 bits per heavy atom. The normalized spacial score (nSPS) is 26.9. The molecule has 2 rings (SSSR count). The molecule has 1 aliphatic rings. The summed E-state index contributed by atoms with van der Waals surface area (Å²) in [6.45, 7) is 6.84. The molecule has 1 aliphatic carbocycles. The van der Waals surface area contributed by atoms with Crippen molar-refractivity contribution in [1.82, 2.24) is 15.1 Å². The minimum Gasteiger partial charge on any atom is -0.316 e. The number of nitrogens with zero attached hydrogens (tertiary/aromatic N) is 2. The van der Waals surface area contributed by atoms with Gasteiger partial charge in [-0.1, -0.05) is 26.7 Å². The molecule has 3 nitrogen and oxygen atoms in total. The van der Waals surface area contributed by atoms with Crippen molar-refractivity contribution in [2.75, 3.05) is 13.1 Å². The van der Waals surface area contributed by atoms with Gasteiger partial charge in [-0.2, -0.15) is 5.10 Å². The molecule has 114 valence electrons. The van der Waals surface area contributed by atoms with Crippen molar-refractivity contribution in [3.63, 3.8) is 0 Å². The van der Waals surface area contributed by atoms with Crippen LogP contribution in [0.1, 0.15) is 57.6 Å². The molecule has 4 heteroatoms. The minimum atomic E-state index is 0.639. The van der Waals surface area contributed by atoms with Crippen molar-refractivity contribution in [2.24, 2.45) is 18.9 Å². The standard InChI is InChI=1S/C16H28BrN3/c1-4-8-18-10-13-7-6-12(5-2)9-14(13)16-15(17)11-19-20(16)3/h11-14,18H,4-10H2,1-3H3. The second-order valence-corrected chi connectivity index (χ2v) is 7.01. The molecule has 3 unspecified atom stereocenters. The van der Waals surface area contributed by atoms with Crippen LogP contribution in [0.5, 0.6) is 0 Å². The molecular weight excluding hydrogens is 314 g/mol. The Balaban J connectivity index is 2.13.